The van der Waals surface area contributed by atoms with Crippen molar-refractivity contribution in [2.24, 2.45) is 0 Å². The highest BCUT2D eigenvalue weighted by atomic mass is 16.4. The normalized spacial score (nSPS) is 28.2. The van der Waals surface area contributed by atoms with Gasteiger partial charge >= 0.3 is 11.9 Å². The van der Waals surface area contributed by atoms with E-state index in [1.165, 1.54) is 17.2 Å². The van der Waals surface area contributed by atoms with E-state index in [4.69, 9.17) is 0 Å². The van der Waals surface area contributed by atoms with Crippen molar-refractivity contribution in [2.75, 3.05) is 0 Å². The minimum absolute atomic E-state index is 0.121. The van der Waals surface area contributed by atoms with E-state index in [-0.39, 0.29) is 11.1 Å². The molecule has 4 heteroatoms. The van der Waals surface area contributed by atoms with Gasteiger partial charge in [0.25, 0.3) is 0 Å². The van der Waals surface area contributed by atoms with Gasteiger partial charge in [0, 0.05) is 0 Å². The van der Waals surface area contributed by atoms with Crippen molar-refractivity contribution in [1.82, 2.24) is 0 Å². The van der Waals surface area contributed by atoms with E-state index < -0.39 is 11.9 Å². The van der Waals surface area contributed by atoms with Crippen LogP contribution in [-0.4, -0.2) is 22.2 Å². The van der Waals surface area contributed by atoms with E-state index in [2.05, 4.69) is 12.2 Å². The first-order valence-electron chi connectivity index (χ1n) is 8.20. The standard InChI is InChI=1S/C20H20O4/c21-19(22)17-11-15-7-3-13(4-8-15)1-2-14-5-9-16(10-6-14)12-18(17)20(23)24/h1-3,7,11-12H,4-6,8-10H2,(H,21,22)(H,23,24)/b13-1-,14-2?,15-11-,16-12?,18-17-. The summed E-state index contributed by atoms with van der Waals surface area (Å²) in [5.41, 5.74) is 4.18. The van der Waals surface area contributed by atoms with Crippen molar-refractivity contribution in [3.63, 3.8) is 0 Å². The van der Waals surface area contributed by atoms with E-state index >= 15 is 0 Å². The zero-order valence-electron chi connectivity index (χ0n) is 13.4. The second-order valence-electron chi connectivity index (χ2n) is 6.36. The molecule has 0 amide bonds. The van der Waals surface area contributed by atoms with Crippen LogP contribution in [0, 0.1) is 0 Å². The Morgan fingerprint density at radius 1 is 0.667 bits per heavy atom. The summed E-state index contributed by atoms with van der Waals surface area (Å²) in [5, 5.41) is 19.0. The molecule has 0 aromatic heterocycles. The molecule has 4 nitrogen and oxygen atoms in total. The highest BCUT2D eigenvalue weighted by Gasteiger charge is 2.20. The monoisotopic (exact) mass is 324 g/mol. The molecule has 0 aliphatic heterocycles. The summed E-state index contributed by atoms with van der Waals surface area (Å²) in [4.78, 5) is 23.3. The third kappa shape index (κ3) is 3.65. The van der Waals surface area contributed by atoms with Gasteiger partial charge in [-0.05, 0) is 61.8 Å². The van der Waals surface area contributed by atoms with E-state index in [1.54, 1.807) is 6.08 Å². The van der Waals surface area contributed by atoms with Crippen LogP contribution in [0.1, 0.15) is 38.5 Å². The summed E-state index contributed by atoms with van der Waals surface area (Å²) < 4.78 is 0. The van der Waals surface area contributed by atoms with Crippen molar-refractivity contribution in [3.05, 3.63) is 69.9 Å². The largest absolute Gasteiger partial charge is 0.478 e. The number of allylic oxidation sites excluding steroid dienone is 8. The third-order valence-corrected chi connectivity index (χ3v) is 4.71. The van der Waals surface area contributed by atoms with Crippen LogP contribution in [0.25, 0.3) is 0 Å². The SMILES string of the molecule is O=C(O)/C1=C(C(=O)O)/C=C2C=C/C(=C/C=C3CCC(=C1)CC3)CC/2. The van der Waals surface area contributed by atoms with Gasteiger partial charge in [-0.3, -0.25) is 0 Å². The van der Waals surface area contributed by atoms with Crippen molar-refractivity contribution < 1.29 is 19.8 Å². The third-order valence-electron chi connectivity index (χ3n) is 4.71. The molecule has 1 saturated carbocycles. The van der Waals surface area contributed by atoms with Gasteiger partial charge in [-0.1, -0.05) is 35.5 Å². The lowest BCUT2D eigenvalue weighted by Crippen LogP contribution is -2.11. The highest BCUT2D eigenvalue weighted by Crippen LogP contribution is 2.31. The Balaban J connectivity index is 2.18. The average Bonchev–Trinajstić information content (AvgIpc) is 2.58. The molecule has 0 radical (unpaired) electrons. The molecule has 6 rings (SSSR count). The number of hydrogen-bond acceptors (Lipinski definition) is 2. The minimum atomic E-state index is -1.20. The van der Waals surface area contributed by atoms with Crippen molar-refractivity contribution in [1.29, 1.82) is 0 Å². The first-order valence-corrected chi connectivity index (χ1v) is 8.20. The summed E-state index contributed by atoms with van der Waals surface area (Å²) >= 11 is 0. The Morgan fingerprint density at radius 3 is 1.79 bits per heavy atom. The zero-order chi connectivity index (χ0) is 17.1. The van der Waals surface area contributed by atoms with E-state index in [9.17, 15) is 19.8 Å². The Morgan fingerprint density at radius 2 is 1.21 bits per heavy atom. The lowest BCUT2D eigenvalue weighted by Gasteiger charge is -2.19. The van der Waals surface area contributed by atoms with Crippen LogP contribution in [0.2, 0.25) is 0 Å². The summed E-state index contributed by atoms with van der Waals surface area (Å²) in [6, 6.07) is 0. The number of rotatable bonds is 2. The predicted molar refractivity (Wildman–Crippen MR) is 91.5 cm³/mol. The quantitative estimate of drug-likeness (QED) is 0.802. The molecule has 24 heavy (non-hydrogen) atoms. The van der Waals surface area contributed by atoms with Gasteiger partial charge in [0.05, 0.1) is 11.1 Å². The number of carboxylic acid groups (broad SMARTS) is 2. The fourth-order valence-electron chi connectivity index (χ4n) is 3.26. The fraction of sp³-hybridized carbons (Fsp3) is 0.300. The second kappa shape index (κ2) is 6.87. The Bertz CT molecular complexity index is 757. The molecule has 6 aliphatic carbocycles. The Kier molecular flexibility index (Phi) is 4.65. The summed E-state index contributed by atoms with van der Waals surface area (Å²) in [6.07, 6.45) is 16.2. The van der Waals surface area contributed by atoms with Crippen molar-refractivity contribution in [3.8, 4) is 0 Å². The van der Waals surface area contributed by atoms with Gasteiger partial charge in [-0.15, -0.1) is 0 Å². The number of aliphatic carboxylic acids is 2. The zero-order valence-corrected chi connectivity index (χ0v) is 13.4. The van der Waals surface area contributed by atoms with Gasteiger partial charge < -0.3 is 10.2 Å². The molecule has 124 valence electrons. The van der Waals surface area contributed by atoms with Gasteiger partial charge in [-0.25, -0.2) is 9.59 Å². The molecular weight excluding hydrogens is 304 g/mol. The lowest BCUT2D eigenvalue weighted by molar-refractivity contribution is -0.135. The average molecular weight is 324 g/mol. The van der Waals surface area contributed by atoms with E-state index in [0.717, 1.165) is 43.3 Å². The minimum Gasteiger partial charge on any atom is -0.478 e. The number of carbonyl (C=O) groups is 2. The van der Waals surface area contributed by atoms with Crippen LogP contribution in [-0.2, 0) is 9.59 Å². The maximum Gasteiger partial charge on any atom is 0.336 e. The highest BCUT2D eigenvalue weighted by molar-refractivity contribution is 6.03. The second-order valence-corrected chi connectivity index (χ2v) is 6.36. The van der Waals surface area contributed by atoms with Crippen LogP contribution in [0.5, 0.6) is 0 Å². The molecule has 0 aromatic rings. The molecule has 6 aliphatic rings. The predicted octanol–water partition coefficient (Wildman–Crippen LogP) is 4.10. The van der Waals surface area contributed by atoms with Crippen LogP contribution >= 0.6 is 0 Å². The molecule has 0 atom stereocenters. The maximum atomic E-state index is 11.7. The topological polar surface area (TPSA) is 74.6 Å². The lowest BCUT2D eigenvalue weighted by atomic mass is 9.87. The van der Waals surface area contributed by atoms with Crippen LogP contribution in [0.4, 0.5) is 0 Å². The molecule has 0 unspecified atom stereocenters. The molecule has 2 N–H and O–H groups in total. The van der Waals surface area contributed by atoms with Gasteiger partial charge in [0.15, 0.2) is 0 Å². The van der Waals surface area contributed by atoms with Crippen LogP contribution in [0.15, 0.2) is 69.9 Å². The van der Waals surface area contributed by atoms with Crippen molar-refractivity contribution in [2.45, 2.75) is 38.5 Å². The number of carboxylic acids is 2. The van der Waals surface area contributed by atoms with Gasteiger partial charge in [0.2, 0.25) is 0 Å². The summed E-state index contributed by atoms with van der Waals surface area (Å²) in [6.45, 7) is 0. The van der Waals surface area contributed by atoms with Crippen LogP contribution < -0.4 is 0 Å². The summed E-state index contributed by atoms with van der Waals surface area (Å²) in [5.74, 6) is -2.39. The molecule has 0 aromatic carbocycles. The van der Waals surface area contributed by atoms with Gasteiger partial charge in [-0.2, -0.15) is 0 Å². The summed E-state index contributed by atoms with van der Waals surface area (Å²) in [7, 11) is 0. The Hall–Kier alpha value is -2.62. The molecule has 0 spiro atoms. The van der Waals surface area contributed by atoms with E-state index in [1.807, 2.05) is 12.2 Å². The maximum absolute atomic E-state index is 11.7. The Labute approximate surface area is 140 Å². The molecule has 0 heterocycles. The molecule has 1 fully saturated rings. The van der Waals surface area contributed by atoms with Crippen molar-refractivity contribution >= 4 is 11.9 Å². The fourth-order valence-corrected chi connectivity index (χ4v) is 3.26. The number of hydrogen-bond donors (Lipinski definition) is 2. The van der Waals surface area contributed by atoms with Gasteiger partial charge in [0.1, 0.15) is 0 Å². The molecule has 4 bridgehead atoms. The smallest absolute Gasteiger partial charge is 0.336 e. The van der Waals surface area contributed by atoms with Crippen LogP contribution in [0.3, 0.4) is 0 Å². The first-order chi connectivity index (χ1) is 11.5. The van der Waals surface area contributed by atoms with E-state index in [0.29, 0.717) is 6.42 Å². The first kappa shape index (κ1) is 16.2. The molecular formula is C20H20O4. The molecule has 0 saturated heterocycles.